The lowest BCUT2D eigenvalue weighted by Gasteiger charge is -2.27. The number of rotatable bonds is 3. The summed E-state index contributed by atoms with van der Waals surface area (Å²) in [4.78, 5) is 22.5. The van der Waals surface area contributed by atoms with Crippen molar-refractivity contribution in [2.45, 2.75) is 30.5 Å². The zero-order valence-electron chi connectivity index (χ0n) is 13.6. The number of alkyl halides is 2. The molecule has 27 heavy (non-hydrogen) atoms. The summed E-state index contributed by atoms with van der Waals surface area (Å²) in [5, 5.41) is 21.3. The smallest absolute Gasteiger partial charge is 0.338 e. The Bertz CT molecular complexity index is 978. The van der Waals surface area contributed by atoms with Crippen LogP contribution in [0.4, 0.5) is 14.5 Å². The summed E-state index contributed by atoms with van der Waals surface area (Å²) >= 11 is 3.26. The van der Waals surface area contributed by atoms with Gasteiger partial charge in [0.15, 0.2) is 5.60 Å². The first-order valence-corrected chi connectivity index (χ1v) is 8.80. The van der Waals surface area contributed by atoms with Gasteiger partial charge < -0.3 is 9.84 Å². The highest BCUT2D eigenvalue weighted by molar-refractivity contribution is 9.10. The van der Waals surface area contributed by atoms with E-state index in [1.54, 1.807) is 6.07 Å². The van der Waals surface area contributed by atoms with Crippen LogP contribution in [-0.4, -0.2) is 21.9 Å². The van der Waals surface area contributed by atoms with E-state index in [2.05, 4.69) is 15.9 Å². The number of non-ortho nitro benzene ring substituents is 1. The molecule has 2 aliphatic carbocycles. The molecule has 0 bridgehead atoms. The third-order valence-electron chi connectivity index (χ3n) is 5.04. The summed E-state index contributed by atoms with van der Waals surface area (Å²) in [7, 11) is 0. The van der Waals surface area contributed by atoms with Crippen molar-refractivity contribution in [2.75, 3.05) is 0 Å². The molecule has 9 heteroatoms. The fourth-order valence-corrected chi connectivity index (χ4v) is 4.33. The number of carbonyl (C=O) groups is 1. The van der Waals surface area contributed by atoms with Crippen molar-refractivity contribution < 1.29 is 28.3 Å². The number of esters is 1. The summed E-state index contributed by atoms with van der Waals surface area (Å²) in [6.45, 7) is 0. The summed E-state index contributed by atoms with van der Waals surface area (Å²) in [5.74, 6) is -4.17. The van der Waals surface area contributed by atoms with Crippen LogP contribution in [0.15, 0.2) is 40.9 Å². The van der Waals surface area contributed by atoms with Crippen LogP contribution in [0.1, 0.15) is 39.6 Å². The molecular weight excluding hydrogens is 428 g/mol. The van der Waals surface area contributed by atoms with E-state index in [-0.39, 0.29) is 16.8 Å². The number of ether oxygens (including phenoxy) is 1. The standard InChI is InChI=1S/C18H12BrF2NO5/c19-11-5-10-7-18(20,21)17(24)8-14(13(6-11)15(10)17)27-16(23)9-1-3-12(4-2-9)22(25)26/h1-6,14,24H,7-8H2. The second kappa shape index (κ2) is 5.80. The topological polar surface area (TPSA) is 89.7 Å². The van der Waals surface area contributed by atoms with Crippen LogP contribution in [0.3, 0.4) is 0 Å². The predicted molar refractivity (Wildman–Crippen MR) is 92.6 cm³/mol. The van der Waals surface area contributed by atoms with Gasteiger partial charge in [-0.15, -0.1) is 0 Å². The third kappa shape index (κ3) is 2.64. The first kappa shape index (κ1) is 18.0. The van der Waals surface area contributed by atoms with Crippen molar-refractivity contribution >= 4 is 27.6 Å². The Hall–Kier alpha value is -2.39. The van der Waals surface area contributed by atoms with Crippen molar-refractivity contribution in [3.8, 4) is 0 Å². The van der Waals surface area contributed by atoms with Crippen molar-refractivity contribution in [3.63, 3.8) is 0 Å². The van der Waals surface area contributed by atoms with E-state index >= 15 is 0 Å². The van der Waals surface area contributed by atoms with Gasteiger partial charge in [0.05, 0.1) is 10.5 Å². The molecule has 2 aliphatic rings. The molecule has 0 fully saturated rings. The van der Waals surface area contributed by atoms with Crippen LogP contribution < -0.4 is 0 Å². The zero-order chi connectivity index (χ0) is 19.6. The van der Waals surface area contributed by atoms with E-state index in [0.717, 1.165) is 12.1 Å². The molecule has 2 atom stereocenters. The highest BCUT2D eigenvalue weighted by Gasteiger charge is 2.65. The monoisotopic (exact) mass is 439 g/mol. The molecule has 0 amide bonds. The molecule has 2 aromatic rings. The summed E-state index contributed by atoms with van der Waals surface area (Å²) in [6, 6.07) is 7.87. The molecule has 2 aromatic carbocycles. The van der Waals surface area contributed by atoms with Gasteiger partial charge in [-0.05, 0) is 29.8 Å². The second-order valence-electron chi connectivity index (χ2n) is 6.67. The van der Waals surface area contributed by atoms with E-state index in [0.29, 0.717) is 15.6 Å². The van der Waals surface area contributed by atoms with Crippen LogP contribution in [0.2, 0.25) is 0 Å². The van der Waals surface area contributed by atoms with E-state index in [9.17, 15) is 28.8 Å². The minimum atomic E-state index is -3.36. The molecule has 0 radical (unpaired) electrons. The molecule has 0 heterocycles. The minimum absolute atomic E-state index is 0.0524. The van der Waals surface area contributed by atoms with Crippen LogP contribution in [-0.2, 0) is 16.8 Å². The number of nitro benzene ring substituents is 1. The fourth-order valence-electron chi connectivity index (χ4n) is 3.80. The van der Waals surface area contributed by atoms with E-state index in [1.807, 2.05) is 0 Å². The zero-order valence-corrected chi connectivity index (χ0v) is 15.2. The fraction of sp³-hybridized carbons (Fsp3) is 0.278. The largest absolute Gasteiger partial charge is 0.454 e. The Balaban J connectivity index is 1.65. The summed E-state index contributed by atoms with van der Waals surface area (Å²) < 4.78 is 34.8. The maximum absolute atomic E-state index is 14.4. The Morgan fingerprint density at radius 3 is 2.59 bits per heavy atom. The first-order valence-electron chi connectivity index (χ1n) is 8.01. The van der Waals surface area contributed by atoms with E-state index in [1.165, 1.54) is 18.2 Å². The lowest BCUT2D eigenvalue weighted by molar-refractivity contribution is -0.384. The van der Waals surface area contributed by atoms with E-state index in [4.69, 9.17) is 4.74 Å². The van der Waals surface area contributed by atoms with Gasteiger partial charge in [-0.25, -0.2) is 13.6 Å². The number of nitro groups is 1. The lowest BCUT2D eigenvalue weighted by Crippen LogP contribution is -2.40. The maximum Gasteiger partial charge on any atom is 0.338 e. The first-order chi connectivity index (χ1) is 12.6. The molecule has 140 valence electrons. The van der Waals surface area contributed by atoms with Gasteiger partial charge in [0.1, 0.15) is 6.10 Å². The van der Waals surface area contributed by atoms with Crippen molar-refractivity contribution in [2.24, 2.45) is 0 Å². The quantitative estimate of drug-likeness (QED) is 0.442. The Morgan fingerprint density at radius 2 is 1.96 bits per heavy atom. The average molecular weight is 440 g/mol. The molecule has 0 saturated carbocycles. The van der Waals surface area contributed by atoms with Gasteiger partial charge in [-0.2, -0.15) is 0 Å². The molecular formula is C18H12BrF2NO5. The van der Waals surface area contributed by atoms with Gasteiger partial charge in [-0.1, -0.05) is 15.9 Å². The van der Waals surface area contributed by atoms with Gasteiger partial charge >= 0.3 is 5.97 Å². The molecule has 0 aromatic heterocycles. The minimum Gasteiger partial charge on any atom is -0.454 e. The van der Waals surface area contributed by atoms with Crippen LogP contribution in [0.25, 0.3) is 0 Å². The maximum atomic E-state index is 14.4. The molecule has 4 rings (SSSR count). The highest BCUT2D eigenvalue weighted by atomic mass is 79.9. The molecule has 6 nitrogen and oxygen atoms in total. The molecule has 0 aliphatic heterocycles. The summed E-state index contributed by atoms with van der Waals surface area (Å²) in [6.07, 6.45) is -2.07. The number of nitrogens with zero attached hydrogens (tertiary/aromatic N) is 1. The lowest BCUT2D eigenvalue weighted by atomic mass is 9.95. The molecule has 0 spiro atoms. The molecule has 2 unspecified atom stereocenters. The second-order valence-corrected chi connectivity index (χ2v) is 7.59. The number of carbonyl (C=O) groups excluding carboxylic acids is 1. The highest BCUT2D eigenvalue weighted by Crippen LogP contribution is 2.59. The number of aliphatic hydroxyl groups is 1. The summed E-state index contributed by atoms with van der Waals surface area (Å²) in [5.41, 5.74) is -1.72. The van der Waals surface area contributed by atoms with Crippen molar-refractivity contribution in [1.82, 2.24) is 0 Å². The predicted octanol–water partition coefficient (Wildman–Crippen LogP) is 4.04. The van der Waals surface area contributed by atoms with Crippen LogP contribution in [0, 0.1) is 10.1 Å². The van der Waals surface area contributed by atoms with Gasteiger partial charge in [0, 0.05) is 40.6 Å². The number of halogens is 3. The van der Waals surface area contributed by atoms with Gasteiger partial charge in [0.2, 0.25) is 0 Å². The van der Waals surface area contributed by atoms with Crippen molar-refractivity contribution in [1.29, 1.82) is 0 Å². The Morgan fingerprint density at radius 1 is 1.30 bits per heavy atom. The molecule has 0 saturated heterocycles. The number of hydrogen-bond donors (Lipinski definition) is 1. The van der Waals surface area contributed by atoms with Crippen LogP contribution in [0.5, 0.6) is 0 Å². The van der Waals surface area contributed by atoms with Crippen molar-refractivity contribution in [3.05, 3.63) is 73.2 Å². The Kier molecular flexibility index (Phi) is 3.87. The number of benzene rings is 2. The molecule has 1 N–H and O–H groups in total. The average Bonchev–Trinajstić information content (AvgIpc) is 2.98. The van der Waals surface area contributed by atoms with Gasteiger partial charge in [-0.3, -0.25) is 10.1 Å². The number of hydrogen-bond acceptors (Lipinski definition) is 5. The van der Waals surface area contributed by atoms with Crippen LogP contribution >= 0.6 is 15.9 Å². The Labute approximate surface area is 160 Å². The van der Waals surface area contributed by atoms with Gasteiger partial charge in [0.25, 0.3) is 11.6 Å². The van der Waals surface area contributed by atoms with E-state index < -0.39 is 41.4 Å². The normalized spacial score (nSPS) is 24.5. The SMILES string of the molecule is O=C(OC1CC2(O)c3c(cc(Br)cc31)CC2(F)F)c1ccc([N+](=O)[O-])cc1. The third-order valence-corrected chi connectivity index (χ3v) is 5.50.